The largest absolute Gasteiger partial charge is 0.467 e. The summed E-state index contributed by atoms with van der Waals surface area (Å²) in [6, 6.07) is 3.74. The maximum atomic E-state index is 5.25. The highest BCUT2D eigenvalue weighted by Gasteiger charge is 2.07. The van der Waals surface area contributed by atoms with Crippen molar-refractivity contribution >= 4 is 17.8 Å². The zero-order valence-electron chi connectivity index (χ0n) is 11.3. The molecule has 0 unspecified atom stereocenters. The first-order valence-electron chi connectivity index (χ1n) is 6.12. The average molecular weight is 262 g/mol. The Balaban J connectivity index is 2.13. The molecule has 0 spiro atoms. The van der Waals surface area contributed by atoms with Crippen LogP contribution in [0.2, 0.25) is 0 Å². The van der Waals surface area contributed by atoms with E-state index < -0.39 is 0 Å². The Bertz CT molecular complexity index is 511. The van der Waals surface area contributed by atoms with Crippen molar-refractivity contribution in [2.45, 2.75) is 13.5 Å². The van der Waals surface area contributed by atoms with Gasteiger partial charge in [0, 0.05) is 20.6 Å². The van der Waals surface area contributed by atoms with Crippen LogP contribution in [-0.2, 0) is 6.54 Å². The third-order valence-corrected chi connectivity index (χ3v) is 2.36. The molecule has 2 aromatic rings. The van der Waals surface area contributed by atoms with Crippen molar-refractivity contribution in [3.05, 3.63) is 24.2 Å². The van der Waals surface area contributed by atoms with E-state index in [9.17, 15) is 0 Å². The van der Waals surface area contributed by atoms with Crippen LogP contribution in [0.25, 0.3) is 0 Å². The van der Waals surface area contributed by atoms with Crippen LogP contribution in [0.4, 0.5) is 17.8 Å². The van der Waals surface area contributed by atoms with Crippen LogP contribution < -0.4 is 15.5 Å². The Kier molecular flexibility index (Phi) is 4.17. The minimum atomic E-state index is 0.519. The van der Waals surface area contributed by atoms with Crippen molar-refractivity contribution in [1.82, 2.24) is 15.0 Å². The molecule has 19 heavy (non-hydrogen) atoms. The van der Waals surface area contributed by atoms with Gasteiger partial charge in [0.05, 0.1) is 12.8 Å². The van der Waals surface area contributed by atoms with E-state index in [0.29, 0.717) is 24.4 Å². The molecule has 0 aliphatic heterocycles. The van der Waals surface area contributed by atoms with Gasteiger partial charge < -0.3 is 20.0 Å². The lowest BCUT2D eigenvalue weighted by atomic mass is 10.4. The topological polar surface area (TPSA) is 79.1 Å². The Morgan fingerprint density at radius 1 is 1.16 bits per heavy atom. The second-order valence-corrected chi connectivity index (χ2v) is 4.14. The van der Waals surface area contributed by atoms with E-state index in [1.165, 1.54) is 0 Å². The minimum Gasteiger partial charge on any atom is -0.467 e. The molecule has 2 heterocycles. The molecule has 2 rings (SSSR count). The molecule has 0 saturated carbocycles. The molecule has 0 amide bonds. The normalized spacial score (nSPS) is 10.3. The summed E-state index contributed by atoms with van der Waals surface area (Å²) in [6.07, 6.45) is 1.64. The van der Waals surface area contributed by atoms with Gasteiger partial charge in [-0.15, -0.1) is 0 Å². The van der Waals surface area contributed by atoms with Crippen molar-refractivity contribution in [2.24, 2.45) is 0 Å². The summed E-state index contributed by atoms with van der Waals surface area (Å²) in [6.45, 7) is 3.29. The summed E-state index contributed by atoms with van der Waals surface area (Å²) in [5, 5.41) is 6.20. The third-order valence-electron chi connectivity index (χ3n) is 2.36. The SMILES string of the molecule is CCNc1nc(NCc2ccco2)nc(N(C)C)n1. The number of furan rings is 1. The zero-order valence-corrected chi connectivity index (χ0v) is 11.3. The second-order valence-electron chi connectivity index (χ2n) is 4.14. The van der Waals surface area contributed by atoms with Crippen molar-refractivity contribution in [3.8, 4) is 0 Å². The Morgan fingerprint density at radius 3 is 2.47 bits per heavy atom. The van der Waals surface area contributed by atoms with Gasteiger partial charge in [-0.25, -0.2) is 0 Å². The van der Waals surface area contributed by atoms with Gasteiger partial charge in [-0.2, -0.15) is 15.0 Å². The molecule has 0 bridgehead atoms. The molecule has 0 radical (unpaired) electrons. The van der Waals surface area contributed by atoms with E-state index in [2.05, 4.69) is 25.6 Å². The molecule has 0 atom stereocenters. The monoisotopic (exact) mass is 262 g/mol. The molecule has 0 aliphatic rings. The highest BCUT2D eigenvalue weighted by molar-refractivity contribution is 5.42. The van der Waals surface area contributed by atoms with E-state index in [-0.39, 0.29) is 0 Å². The van der Waals surface area contributed by atoms with E-state index in [1.807, 2.05) is 38.1 Å². The number of aromatic nitrogens is 3. The third kappa shape index (κ3) is 3.57. The fourth-order valence-electron chi connectivity index (χ4n) is 1.46. The predicted molar refractivity (Wildman–Crippen MR) is 74.4 cm³/mol. The number of nitrogens with zero attached hydrogens (tertiary/aromatic N) is 4. The van der Waals surface area contributed by atoms with Crippen LogP contribution in [0.5, 0.6) is 0 Å². The molecule has 0 aliphatic carbocycles. The van der Waals surface area contributed by atoms with Gasteiger partial charge in [-0.05, 0) is 19.1 Å². The van der Waals surface area contributed by atoms with Gasteiger partial charge in [-0.1, -0.05) is 0 Å². The number of hydrogen-bond donors (Lipinski definition) is 2. The molecule has 2 aromatic heterocycles. The summed E-state index contributed by atoms with van der Waals surface area (Å²) in [4.78, 5) is 14.7. The van der Waals surface area contributed by atoms with Crippen LogP contribution >= 0.6 is 0 Å². The molecular weight excluding hydrogens is 244 g/mol. The summed E-state index contributed by atoms with van der Waals surface area (Å²) < 4.78 is 5.25. The molecule has 2 N–H and O–H groups in total. The summed E-state index contributed by atoms with van der Waals surface area (Å²) in [5.41, 5.74) is 0. The maximum absolute atomic E-state index is 5.25. The van der Waals surface area contributed by atoms with Crippen LogP contribution in [0, 0.1) is 0 Å². The number of rotatable bonds is 6. The molecule has 7 heteroatoms. The highest BCUT2D eigenvalue weighted by Crippen LogP contribution is 2.12. The van der Waals surface area contributed by atoms with E-state index in [4.69, 9.17) is 4.42 Å². The van der Waals surface area contributed by atoms with Crippen LogP contribution in [0.3, 0.4) is 0 Å². The van der Waals surface area contributed by atoms with Gasteiger partial charge in [0.1, 0.15) is 5.76 Å². The van der Waals surface area contributed by atoms with Gasteiger partial charge >= 0.3 is 0 Å². The van der Waals surface area contributed by atoms with E-state index in [1.54, 1.807) is 6.26 Å². The first-order chi connectivity index (χ1) is 9.19. The first kappa shape index (κ1) is 13.1. The zero-order chi connectivity index (χ0) is 13.7. The molecule has 0 fully saturated rings. The summed E-state index contributed by atoms with van der Waals surface area (Å²) in [5.74, 6) is 2.51. The molecule has 0 aromatic carbocycles. The lowest BCUT2D eigenvalue weighted by Gasteiger charge is -2.13. The Morgan fingerprint density at radius 2 is 1.89 bits per heavy atom. The van der Waals surface area contributed by atoms with E-state index >= 15 is 0 Å². The number of nitrogens with one attached hydrogen (secondary N) is 2. The first-order valence-corrected chi connectivity index (χ1v) is 6.12. The minimum absolute atomic E-state index is 0.519. The average Bonchev–Trinajstić information content (AvgIpc) is 2.89. The van der Waals surface area contributed by atoms with Gasteiger partial charge in [0.25, 0.3) is 0 Å². The van der Waals surface area contributed by atoms with Crippen LogP contribution in [0.1, 0.15) is 12.7 Å². The Hall–Kier alpha value is -2.31. The van der Waals surface area contributed by atoms with Gasteiger partial charge in [-0.3, -0.25) is 0 Å². The van der Waals surface area contributed by atoms with Crippen molar-refractivity contribution in [2.75, 3.05) is 36.2 Å². The predicted octanol–water partition coefficient (Wildman–Crippen LogP) is 1.57. The van der Waals surface area contributed by atoms with Crippen LogP contribution in [0.15, 0.2) is 22.8 Å². The van der Waals surface area contributed by atoms with Crippen molar-refractivity contribution in [1.29, 1.82) is 0 Å². The number of anilines is 3. The Labute approximate surface area is 112 Å². The summed E-state index contributed by atoms with van der Waals surface area (Å²) >= 11 is 0. The molecule has 0 saturated heterocycles. The van der Waals surface area contributed by atoms with E-state index in [0.717, 1.165) is 12.3 Å². The quantitative estimate of drug-likeness (QED) is 0.818. The number of hydrogen-bond acceptors (Lipinski definition) is 7. The van der Waals surface area contributed by atoms with Gasteiger partial charge in [0.15, 0.2) is 0 Å². The fraction of sp³-hybridized carbons (Fsp3) is 0.417. The lowest BCUT2D eigenvalue weighted by molar-refractivity contribution is 0.517. The van der Waals surface area contributed by atoms with Crippen molar-refractivity contribution < 1.29 is 4.42 Å². The molecule has 7 nitrogen and oxygen atoms in total. The smallest absolute Gasteiger partial charge is 0.231 e. The lowest BCUT2D eigenvalue weighted by Crippen LogP contribution is -2.17. The fourth-order valence-corrected chi connectivity index (χ4v) is 1.46. The van der Waals surface area contributed by atoms with Crippen LogP contribution in [-0.4, -0.2) is 35.6 Å². The standard InChI is InChI=1S/C12H18N6O/c1-4-13-10-15-11(17-12(16-10)18(2)3)14-8-9-6-5-7-19-9/h5-7H,4,8H2,1-3H3,(H2,13,14,15,16,17). The van der Waals surface area contributed by atoms with Crippen molar-refractivity contribution in [3.63, 3.8) is 0 Å². The second kappa shape index (κ2) is 6.03. The summed E-state index contributed by atoms with van der Waals surface area (Å²) in [7, 11) is 3.78. The highest BCUT2D eigenvalue weighted by atomic mass is 16.3. The van der Waals surface area contributed by atoms with Gasteiger partial charge in [0.2, 0.25) is 17.8 Å². The molecule has 102 valence electrons. The molecular formula is C12H18N6O. The maximum Gasteiger partial charge on any atom is 0.231 e.